The number of carbonyl (C=O) groups is 1. The lowest BCUT2D eigenvalue weighted by Crippen LogP contribution is -2.32. The number of rotatable bonds is 7. The number of nitrogens with one attached hydrogen (secondary N) is 2. The Morgan fingerprint density at radius 3 is 2.46 bits per heavy atom. The maximum atomic E-state index is 11.1. The molecular formula is C10H22N2O. The molecule has 0 aromatic carbocycles. The second-order valence-electron chi connectivity index (χ2n) is 3.70. The van der Waals surface area contributed by atoms with Crippen LogP contribution in [-0.4, -0.2) is 25.5 Å². The van der Waals surface area contributed by atoms with E-state index in [2.05, 4.69) is 31.4 Å². The van der Waals surface area contributed by atoms with Gasteiger partial charge in [0.05, 0.1) is 0 Å². The predicted octanol–water partition coefficient (Wildman–Crippen LogP) is 1.15. The second kappa shape index (κ2) is 8.05. The highest BCUT2D eigenvalue weighted by Crippen LogP contribution is 1.97. The molecule has 0 saturated carbocycles. The Balaban J connectivity index is 3.17. The molecule has 0 rings (SSSR count). The topological polar surface area (TPSA) is 41.1 Å². The van der Waals surface area contributed by atoms with Gasteiger partial charge in [0.2, 0.25) is 5.91 Å². The molecule has 0 aromatic heterocycles. The van der Waals surface area contributed by atoms with Crippen LogP contribution in [0.3, 0.4) is 0 Å². The third-order valence-corrected chi connectivity index (χ3v) is 1.64. The Hall–Kier alpha value is -0.570. The van der Waals surface area contributed by atoms with E-state index in [1.165, 1.54) is 0 Å². The van der Waals surface area contributed by atoms with Gasteiger partial charge in [-0.25, -0.2) is 0 Å². The van der Waals surface area contributed by atoms with E-state index in [-0.39, 0.29) is 5.91 Å². The SMILES string of the molecule is CCCNCCNC(=O)CC(C)C. The van der Waals surface area contributed by atoms with Crippen LogP contribution in [0.5, 0.6) is 0 Å². The molecule has 13 heavy (non-hydrogen) atoms. The van der Waals surface area contributed by atoms with Gasteiger partial charge in [-0.05, 0) is 18.9 Å². The van der Waals surface area contributed by atoms with E-state index >= 15 is 0 Å². The third-order valence-electron chi connectivity index (χ3n) is 1.64. The molecule has 3 nitrogen and oxygen atoms in total. The van der Waals surface area contributed by atoms with Gasteiger partial charge in [0, 0.05) is 19.5 Å². The summed E-state index contributed by atoms with van der Waals surface area (Å²) in [6.45, 7) is 8.87. The minimum Gasteiger partial charge on any atom is -0.355 e. The van der Waals surface area contributed by atoms with Gasteiger partial charge in [-0.15, -0.1) is 0 Å². The zero-order valence-corrected chi connectivity index (χ0v) is 9.02. The number of carbonyl (C=O) groups excluding carboxylic acids is 1. The molecule has 0 aliphatic heterocycles. The smallest absolute Gasteiger partial charge is 0.220 e. The van der Waals surface area contributed by atoms with E-state index in [4.69, 9.17) is 0 Å². The van der Waals surface area contributed by atoms with Crippen molar-refractivity contribution in [3.8, 4) is 0 Å². The van der Waals surface area contributed by atoms with Crippen molar-refractivity contribution in [2.24, 2.45) is 5.92 Å². The van der Waals surface area contributed by atoms with Crippen LogP contribution in [0, 0.1) is 5.92 Å². The van der Waals surface area contributed by atoms with Crippen molar-refractivity contribution in [1.29, 1.82) is 0 Å². The normalized spacial score (nSPS) is 10.5. The maximum absolute atomic E-state index is 11.1. The van der Waals surface area contributed by atoms with Gasteiger partial charge in [0.25, 0.3) is 0 Å². The van der Waals surface area contributed by atoms with E-state index in [1.54, 1.807) is 0 Å². The first-order valence-electron chi connectivity index (χ1n) is 5.14. The molecular weight excluding hydrogens is 164 g/mol. The standard InChI is InChI=1S/C10H22N2O/c1-4-5-11-6-7-12-10(13)8-9(2)3/h9,11H,4-8H2,1-3H3,(H,12,13). The Morgan fingerprint density at radius 2 is 1.92 bits per heavy atom. The van der Waals surface area contributed by atoms with Gasteiger partial charge < -0.3 is 10.6 Å². The molecule has 1 amide bonds. The molecule has 0 radical (unpaired) electrons. The van der Waals surface area contributed by atoms with E-state index in [9.17, 15) is 4.79 Å². The predicted molar refractivity (Wildman–Crippen MR) is 55.6 cm³/mol. The average molecular weight is 186 g/mol. The van der Waals surface area contributed by atoms with Crippen LogP contribution in [0.15, 0.2) is 0 Å². The van der Waals surface area contributed by atoms with E-state index in [0.717, 1.165) is 26.1 Å². The minimum absolute atomic E-state index is 0.160. The summed E-state index contributed by atoms with van der Waals surface area (Å²) in [5.74, 6) is 0.608. The molecule has 0 bridgehead atoms. The molecule has 0 spiro atoms. The zero-order valence-electron chi connectivity index (χ0n) is 9.02. The Bertz CT molecular complexity index is 135. The Labute approximate surface area is 81.3 Å². The van der Waals surface area contributed by atoms with E-state index < -0.39 is 0 Å². The summed E-state index contributed by atoms with van der Waals surface area (Å²) in [5.41, 5.74) is 0. The summed E-state index contributed by atoms with van der Waals surface area (Å²) < 4.78 is 0. The second-order valence-corrected chi connectivity index (χ2v) is 3.70. The van der Waals surface area contributed by atoms with Crippen molar-refractivity contribution < 1.29 is 4.79 Å². The largest absolute Gasteiger partial charge is 0.355 e. The quantitative estimate of drug-likeness (QED) is 0.586. The lowest BCUT2D eigenvalue weighted by Gasteiger charge is -2.07. The lowest BCUT2D eigenvalue weighted by atomic mass is 10.1. The van der Waals surface area contributed by atoms with Crippen LogP contribution in [0.4, 0.5) is 0 Å². The molecule has 0 fully saturated rings. The fraction of sp³-hybridized carbons (Fsp3) is 0.900. The van der Waals surface area contributed by atoms with Crippen molar-refractivity contribution in [2.45, 2.75) is 33.6 Å². The molecule has 0 saturated heterocycles. The highest BCUT2D eigenvalue weighted by Gasteiger charge is 2.02. The number of hydrogen-bond donors (Lipinski definition) is 2. The molecule has 0 unspecified atom stereocenters. The molecule has 2 N–H and O–H groups in total. The first-order chi connectivity index (χ1) is 6.16. The van der Waals surface area contributed by atoms with Crippen molar-refractivity contribution in [2.75, 3.05) is 19.6 Å². The van der Waals surface area contributed by atoms with Crippen molar-refractivity contribution in [1.82, 2.24) is 10.6 Å². The lowest BCUT2D eigenvalue weighted by molar-refractivity contribution is -0.121. The number of hydrogen-bond acceptors (Lipinski definition) is 2. The fourth-order valence-electron chi connectivity index (χ4n) is 1.04. The molecule has 0 atom stereocenters. The van der Waals surface area contributed by atoms with Gasteiger partial charge in [0.1, 0.15) is 0 Å². The summed E-state index contributed by atoms with van der Waals surface area (Å²) in [6.07, 6.45) is 1.77. The van der Waals surface area contributed by atoms with Crippen LogP contribution in [-0.2, 0) is 4.79 Å². The third kappa shape index (κ3) is 9.34. The van der Waals surface area contributed by atoms with Gasteiger partial charge in [-0.2, -0.15) is 0 Å². The monoisotopic (exact) mass is 186 g/mol. The summed E-state index contributed by atoms with van der Waals surface area (Å²) in [4.78, 5) is 11.1. The van der Waals surface area contributed by atoms with E-state index in [1.807, 2.05) is 0 Å². The van der Waals surface area contributed by atoms with Gasteiger partial charge in [-0.3, -0.25) is 4.79 Å². The first kappa shape index (κ1) is 12.4. The van der Waals surface area contributed by atoms with Crippen LogP contribution >= 0.6 is 0 Å². The molecule has 0 aliphatic rings. The van der Waals surface area contributed by atoms with Crippen LogP contribution in [0.1, 0.15) is 33.6 Å². The average Bonchev–Trinajstić information content (AvgIpc) is 2.02. The molecule has 78 valence electrons. The molecule has 0 aliphatic carbocycles. The first-order valence-corrected chi connectivity index (χ1v) is 5.14. The van der Waals surface area contributed by atoms with Gasteiger partial charge in [0.15, 0.2) is 0 Å². The van der Waals surface area contributed by atoms with Gasteiger partial charge >= 0.3 is 0 Å². The van der Waals surface area contributed by atoms with Gasteiger partial charge in [-0.1, -0.05) is 20.8 Å². The highest BCUT2D eigenvalue weighted by molar-refractivity contribution is 5.75. The Morgan fingerprint density at radius 1 is 1.23 bits per heavy atom. The summed E-state index contributed by atoms with van der Waals surface area (Å²) in [6, 6.07) is 0. The number of amides is 1. The van der Waals surface area contributed by atoms with E-state index in [0.29, 0.717) is 12.3 Å². The van der Waals surface area contributed by atoms with Crippen LogP contribution in [0.25, 0.3) is 0 Å². The molecule has 3 heteroatoms. The minimum atomic E-state index is 0.160. The molecule has 0 aromatic rings. The highest BCUT2D eigenvalue weighted by atomic mass is 16.1. The summed E-state index contributed by atoms with van der Waals surface area (Å²) in [7, 11) is 0. The summed E-state index contributed by atoms with van der Waals surface area (Å²) >= 11 is 0. The van der Waals surface area contributed by atoms with Crippen molar-refractivity contribution in [3.05, 3.63) is 0 Å². The summed E-state index contributed by atoms with van der Waals surface area (Å²) in [5, 5.41) is 6.10. The van der Waals surface area contributed by atoms with Crippen LogP contribution < -0.4 is 10.6 Å². The zero-order chi connectivity index (χ0) is 10.1. The molecule has 0 heterocycles. The fourth-order valence-corrected chi connectivity index (χ4v) is 1.04. The van der Waals surface area contributed by atoms with Crippen molar-refractivity contribution in [3.63, 3.8) is 0 Å². The van der Waals surface area contributed by atoms with Crippen molar-refractivity contribution >= 4 is 5.91 Å². The van der Waals surface area contributed by atoms with Crippen LogP contribution in [0.2, 0.25) is 0 Å². The Kier molecular flexibility index (Phi) is 7.69. The maximum Gasteiger partial charge on any atom is 0.220 e.